The molecule has 2 aromatic carbocycles. The van der Waals surface area contributed by atoms with Crippen molar-refractivity contribution in [3.05, 3.63) is 65.7 Å². The highest BCUT2D eigenvalue weighted by atomic mass is 28.3. The largest absolute Gasteiger partial charge is 0.490 e. The van der Waals surface area contributed by atoms with E-state index >= 15 is 0 Å². The van der Waals surface area contributed by atoms with E-state index in [0.717, 1.165) is 43.2 Å². The van der Waals surface area contributed by atoms with E-state index in [1.807, 2.05) is 12.1 Å². The van der Waals surface area contributed by atoms with Gasteiger partial charge < -0.3 is 19.4 Å². The lowest BCUT2D eigenvalue weighted by molar-refractivity contribution is -0.144. The van der Waals surface area contributed by atoms with Crippen molar-refractivity contribution in [1.82, 2.24) is 0 Å². The summed E-state index contributed by atoms with van der Waals surface area (Å²) in [5, 5.41) is 13.6. The van der Waals surface area contributed by atoms with Gasteiger partial charge in [-0.05, 0) is 48.6 Å². The third-order valence-electron chi connectivity index (χ3n) is 6.99. The summed E-state index contributed by atoms with van der Waals surface area (Å²) in [6.45, 7) is 9.97. The van der Waals surface area contributed by atoms with Crippen molar-refractivity contribution < 1.29 is 24.2 Å². The number of carbonyl (C=O) groups is 1. The molecule has 0 aliphatic carbocycles. The SMILES string of the molecule is CCCCC(C1=NOC(C[Si](C)(C)C)C1)(c1ccccc1)c1ccc(OCCOC(=O)CCCCO)cc1. The smallest absolute Gasteiger partial charge is 0.305 e. The fourth-order valence-corrected chi connectivity index (χ4v) is 6.76. The summed E-state index contributed by atoms with van der Waals surface area (Å²) in [5.74, 6) is 0.483. The third-order valence-corrected chi connectivity index (χ3v) is 8.67. The van der Waals surface area contributed by atoms with E-state index in [4.69, 9.17) is 24.6 Å². The fourth-order valence-electron chi connectivity index (χ4n) is 5.17. The molecule has 1 aliphatic heterocycles. The number of hydrogen-bond donors (Lipinski definition) is 1. The van der Waals surface area contributed by atoms with Gasteiger partial charge in [0.25, 0.3) is 0 Å². The fraction of sp³-hybridized carbons (Fsp3) is 0.548. The number of rotatable bonds is 16. The first-order valence-corrected chi connectivity index (χ1v) is 17.8. The van der Waals surface area contributed by atoms with Crippen LogP contribution in [0.25, 0.3) is 0 Å². The van der Waals surface area contributed by atoms with Crippen molar-refractivity contribution in [3.8, 4) is 5.75 Å². The highest BCUT2D eigenvalue weighted by Gasteiger charge is 2.43. The Morgan fingerprint density at radius 2 is 1.74 bits per heavy atom. The van der Waals surface area contributed by atoms with E-state index in [-0.39, 0.29) is 30.7 Å². The summed E-state index contributed by atoms with van der Waals surface area (Å²) < 4.78 is 11.1. The van der Waals surface area contributed by atoms with Crippen LogP contribution in [0.1, 0.15) is 63.0 Å². The van der Waals surface area contributed by atoms with E-state index in [1.54, 1.807) is 0 Å². The quantitative estimate of drug-likeness (QED) is 0.145. The maximum Gasteiger partial charge on any atom is 0.305 e. The van der Waals surface area contributed by atoms with Crippen LogP contribution >= 0.6 is 0 Å². The number of ether oxygens (including phenoxy) is 2. The third kappa shape index (κ3) is 8.43. The van der Waals surface area contributed by atoms with Gasteiger partial charge in [-0.15, -0.1) is 0 Å². The number of aliphatic hydroxyl groups is 1. The van der Waals surface area contributed by atoms with E-state index < -0.39 is 8.07 Å². The second-order valence-corrected chi connectivity index (χ2v) is 16.9. The van der Waals surface area contributed by atoms with Crippen LogP contribution in [0.2, 0.25) is 25.7 Å². The van der Waals surface area contributed by atoms with Crippen LogP contribution in [0, 0.1) is 0 Å². The van der Waals surface area contributed by atoms with Crippen molar-refractivity contribution in [2.45, 2.75) is 89.1 Å². The number of aliphatic hydroxyl groups excluding tert-OH is 1. The van der Waals surface area contributed by atoms with Crippen molar-refractivity contribution in [3.63, 3.8) is 0 Å². The number of nitrogens with zero attached hydrogens (tertiary/aromatic N) is 1. The van der Waals surface area contributed by atoms with Gasteiger partial charge >= 0.3 is 5.97 Å². The lowest BCUT2D eigenvalue weighted by Crippen LogP contribution is -2.38. The second kappa shape index (κ2) is 14.5. The lowest BCUT2D eigenvalue weighted by atomic mass is 9.66. The Morgan fingerprint density at radius 1 is 1.03 bits per heavy atom. The maximum absolute atomic E-state index is 11.8. The van der Waals surface area contributed by atoms with Crippen LogP contribution in [0.15, 0.2) is 59.8 Å². The molecule has 0 aromatic heterocycles. The molecule has 0 saturated carbocycles. The van der Waals surface area contributed by atoms with Gasteiger partial charge in [0.05, 0.1) is 11.1 Å². The molecule has 0 saturated heterocycles. The first kappa shape index (κ1) is 29.9. The molecule has 0 radical (unpaired) electrons. The van der Waals surface area contributed by atoms with Crippen molar-refractivity contribution >= 4 is 19.8 Å². The lowest BCUT2D eigenvalue weighted by Gasteiger charge is -2.35. The molecule has 0 spiro atoms. The molecule has 2 atom stereocenters. The van der Waals surface area contributed by atoms with E-state index in [0.29, 0.717) is 25.9 Å². The van der Waals surface area contributed by atoms with Crippen LogP contribution < -0.4 is 4.74 Å². The normalized spacial score (nSPS) is 16.9. The number of unbranched alkanes of at least 4 members (excludes halogenated alkanes) is 2. The monoisotopic (exact) mass is 539 g/mol. The predicted molar refractivity (Wildman–Crippen MR) is 156 cm³/mol. The summed E-state index contributed by atoms with van der Waals surface area (Å²) in [4.78, 5) is 17.8. The first-order valence-electron chi connectivity index (χ1n) is 14.1. The van der Waals surface area contributed by atoms with Gasteiger partial charge in [-0.3, -0.25) is 4.79 Å². The molecule has 3 rings (SSSR count). The topological polar surface area (TPSA) is 77.3 Å². The number of carbonyl (C=O) groups excluding carboxylic acids is 1. The molecule has 1 aliphatic rings. The zero-order valence-electron chi connectivity index (χ0n) is 23.6. The molecule has 2 aromatic rings. The van der Waals surface area contributed by atoms with Gasteiger partial charge in [0, 0.05) is 27.5 Å². The molecule has 2 unspecified atom stereocenters. The summed E-state index contributed by atoms with van der Waals surface area (Å²) >= 11 is 0. The van der Waals surface area contributed by atoms with Crippen molar-refractivity contribution in [2.24, 2.45) is 5.16 Å². The molecule has 1 N–H and O–H groups in total. The van der Waals surface area contributed by atoms with Gasteiger partial charge in [0.15, 0.2) is 0 Å². The van der Waals surface area contributed by atoms with Crippen molar-refractivity contribution in [2.75, 3.05) is 19.8 Å². The minimum Gasteiger partial charge on any atom is -0.490 e. The molecule has 0 bridgehead atoms. The average Bonchev–Trinajstić information content (AvgIpc) is 3.35. The van der Waals surface area contributed by atoms with Crippen LogP contribution in [-0.4, -0.2) is 50.8 Å². The Bertz CT molecular complexity index is 1020. The maximum atomic E-state index is 11.8. The Balaban J connectivity index is 1.77. The minimum absolute atomic E-state index is 0.0931. The molecule has 6 nitrogen and oxygen atoms in total. The molecule has 38 heavy (non-hydrogen) atoms. The number of esters is 1. The molecular weight excluding hydrogens is 494 g/mol. The second-order valence-electron chi connectivity index (χ2n) is 11.4. The van der Waals surface area contributed by atoms with Crippen molar-refractivity contribution in [1.29, 1.82) is 0 Å². The zero-order chi connectivity index (χ0) is 27.4. The highest BCUT2D eigenvalue weighted by Crippen LogP contribution is 2.43. The number of oxime groups is 1. The van der Waals surface area contributed by atoms with Gasteiger partial charge in [-0.25, -0.2) is 0 Å². The Kier molecular flexibility index (Phi) is 11.4. The van der Waals surface area contributed by atoms with Gasteiger partial charge in [-0.2, -0.15) is 0 Å². The van der Waals surface area contributed by atoms with E-state index in [9.17, 15) is 4.79 Å². The van der Waals surface area contributed by atoms with E-state index in [2.05, 4.69) is 69.0 Å². The first-order chi connectivity index (χ1) is 18.3. The number of hydrogen-bond acceptors (Lipinski definition) is 6. The van der Waals surface area contributed by atoms with Crippen LogP contribution in [0.5, 0.6) is 5.75 Å². The molecule has 0 amide bonds. The highest BCUT2D eigenvalue weighted by molar-refractivity contribution is 6.76. The summed E-state index contributed by atoms with van der Waals surface area (Å²) in [5.41, 5.74) is 3.19. The standard InChI is InChI=1S/C31H45NO5Si/c1-5-6-19-31(25-12-8-7-9-13-25,29-23-28(37-32-29)24-38(2,3)4)26-15-17-27(18-16-26)35-21-22-36-30(34)14-10-11-20-33/h7-9,12-13,15-18,28,33H,5-6,10-11,14,19-24H2,1-4H3. The molecule has 0 fully saturated rings. The molecule has 208 valence electrons. The predicted octanol–water partition coefficient (Wildman–Crippen LogP) is 6.73. The van der Waals surface area contributed by atoms with Crippen LogP contribution in [0.3, 0.4) is 0 Å². The Morgan fingerprint density at radius 3 is 2.39 bits per heavy atom. The average molecular weight is 540 g/mol. The molecule has 1 heterocycles. The van der Waals surface area contributed by atoms with Gasteiger partial charge in [0.2, 0.25) is 0 Å². The Labute approximate surface area is 229 Å². The summed E-state index contributed by atoms with van der Waals surface area (Å²) in [7, 11) is -1.29. The number of benzene rings is 2. The summed E-state index contributed by atoms with van der Waals surface area (Å²) in [6, 6.07) is 20.1. The van der Waals surface area contributed by atoms with E-state index in [1.165, 1.54) is 11.1 Å². The van der Waals surface area contributed by atoms with Crippen LogP contribution in [0.4, 0.5) is 0 Å². The summed E-state index contributed by atoms with van der Waals surface area (Å²) in [6.07, 6.45) is 5.70. The zero-order valence-corrected chi connectivity index (χ0v) is 24.6. The molecule has 7 heteroatoms. The minimum atomic E-state index is -1.29. The Hall–Kier alpha value is -2.64. The van der Waals surface area contributed by atoms with Gasteiger partial charge in [-0.1, -0.05) is 87.0 Å². The van der Waals surface area contributed by atoms with Gasteiger partial charge in [0.1, 0.15) is 25.1 Å². The van der Waals surface area contributed by atoms with Crippen LogP contribution in [-0.2, 0) is 19.8 Å². The molecular formula is C31H45NO5Si.